The van der Waals surface area contributed by atoms with Crippen LogP contribution in [0.4, 0.5) is 13.2 Å². The zero-order valence-corrected chi connectivity index (χ0v) is 9.69. The van der Waals surface area contributed by atoms with Gasteiger partial charge in [0.25, 0.3) is 0 Å². The van der Waals surface area contributed by atoms with E-state index in [1.807, 2.05) is 0 Å². The van der Waals surface area contributed by atoms with Crippen molar-refractivity contribution in [2.24, 2.45) is 11.3 Å². The van der Waals surface area contributed by atoms with E-state index in [1.165, 1.54) is 0 Å². The third-order valence-electron chi connectivity index (χ3n) is 3.13. The molecule has 1 nitrogen and oxygen atoms in total. The Hall–Kier alpha value is -0.250. The van der Waals surface area contributed by atoms with Gasteiger partial charge in [-0.3, -0.25) is 4.90 Å². The van der Waals surface area contributed by atoms with Crippen LogP contribution in [0, 0.1) is 11.3 Å². The van der Waals surface area contributed by atoms with Crippen molar-refractivity contribution >= 4 is 0 Å². The van der Waals surface area contributed by atoms with Gasteiger partial charge in [0.1, 0.15) is 0 Å². The van der Waals surface area contributed by atoms with E-state index in [4.69, 9.17) is 0 Å². The molecule has 0 aromatic carbocycles. The number of rotatable bonds is 1. The summed E-state index contributed by atoms with van der Waals surface area (Å²) in [6.07, 6.45) is -2.12. The Kier molecular flexibility index (Phi) is 3.69. The molecule has 0 bridgehead atoms. The van der Waals surface area contributed by atoms with Crippen molar-refractivity contribution in [3.05, 3.63) is 0 Å². The maximum absolute atomic E-state index is 12.2. The minimum Gasteiger partial charge on any atom is -0.295 e. The van der Waals surface area contributed by atoms with Gasteiger partial charge in [0.05, 0.1) is 6.54 Å². The first-order valence-electron chi connectivity index (χ1n) is 5.47. The van der Waals surface area contributed by atoms with E-state index in [9.17, 15) is 13.2 Å². The normalized spacial score (nSPS) is 25.6. The smallest absolute Gasteiger partial charge is 0.295 e. The van der Waals surface area contributed by atoms with Gasteiger partial charge in [-0.25, -0.2) is 0 Å². The zero-order valence-electron chi connectivity index (χ0n) is 9.69. The highest BCUT2D eigenvalue weighted by Crippen LogP contribution is 2.34. The zero-order chi connectivity index (χ0) is 11.7. The number of likely N-dealkylation sites (tertiary alicyclic amines) is 1. The average Bonchev–Trinajstić information content (AvgIpc) is 1.99. The Morgan fingerprint density at radius 1 is 1.20 bits per heavy atom. The SMILES string of the molecule is CC(C)(C)C1CCCN(CC(F)(F)F)C1. The lowest BCUT2D eigenvalue weighted by molar-refractivity contribution is -0.151. The Labute approximate surface area is 89.6 Å². The van der Waals surface area contributed by atoms with Crippen LogP contribution in [-0.2, 0) is 0 Å². The molecule has 1 aliphatic heterocycles. The van der Waals surface area contributed by atoms with Crippen molar-refractivity contribution in [2.75, 3.05) is 19.6 Å². The lowest BCUT2D eigenvalue weighted by Crippen LogP contribution is -2.44. The number of hydrogen-bond acceptors (Lipinski definition) is 1. The highest BCUT2D eigenvalue weighted by Gasteiger charge is 2.35. The summed E-state index contributed by atoms with van der Waals surface area (Å²) in [6, 6.07) is 0. The predicted molar refractivity (Wildman–Crippen MR) is 54.7 cm³/mol. The first-order valence-corrected chi connectivity index (χ1v) is 5.47. The summed E-state index contributed by atoms with van der Waals surface area (Å²) in [5.41, 5.74) is 0.115. The Balaban J connectivity index is 2.50. The third kappa shape index (κ3) is 4.41. The second-order valence-electron chi connectivity index (χ2n) is 5.56. The van der Waals surface area contributed by atoms with Gasteiger partial charge < -0.3 is 0 Å². The maximum Gasteiger partial charge on any atom is 0.401 e. The van der Waals surface area contributed by atoms with E-state index < -0.39 is 12.7 Å². The summed E-state index contributed by atoms with van der Waals surface area (Å²) in [5, 5.41) is 0. The molecule has 0 amide bonds. The molecule has 0 N–H and O–H groups in total. The molecule has 1 saturated heterocycles. The van der Waals surface area contributed by atoms with Gasteiger partial charge in [-0.15, -0.1) is 0 Å². The molecule has 1 fully saturated rings. The van der Waals surface area contributed by atoms with E-state index in [2.05, 4.69) is 20.8 Å². The molecule has 1 heterocycles. The lowest BCUT2D eigenvalue weighted by atomic mass is 9.76. The summed E-state index contributed by atoms with van der Waals surface area (Å²) in [4.78, 5) is 1.54. The van der Waals surface area contributed by atoms with Crippen LogP contribution in [0.2, 0.25) is 0 Å². The van der Waals surface area contributed by atoms with Crippen molar-refractivity contribution in [3.8, 4) is 0 Å². The van der Waals surface area contributed by atoms with Crippen molar-refractivity contribution in [3.63, 3.8) is 0 Å². The molecule has 0 aromatic rings. The second kappa shape index (κ2) is 4.32. The van der Waals surface area contributed by atoms with Gasteiger partial charge in [0, 0.05) is 6.54 Å². The quantitative estimate of drug-likeness (QED) is 0.659. The fraction of sp³-hybridized carbons (Fsp3) is 1.00. The summed E-state index contributed by atoms with van der Waals surface area (Å²) in [7, 11) is 0. The molecule has 4 heteroatoms. The van der Waals surface area contributed by atoms with Crippen molar-refractivity contribution in [2.45, 2.75) is 39.8 Å². The number of nitrogens with zero attached hydrogens (tertiary/aromatic N) is 1. The summed E-state index contributed by atoms with van der Waals surface area (Å²) in [6.45, 7) is 6.74. The van der Waals surface area contributed by atoms with Crippen LogP contribution in [0.5, 0.6) is 0 Å². The summed E-state index contributed by atoms with van der Waals surface area (Å²) < 4.78 is 36.7. The molecule has 0 radical (unpaired) electrons. The van der Waals surface area contributed by atoms with Crippen LogP contribution in [0.1, 0.15) is 33.6 Å². The van der Waals surface area contributed by atoms with Crippen LogP contribution in [0.15, 0.2) is 0 Å². The number of hydrogen-bond donors (Lipinski definition) is 0. The largest absolute Gasteiger partial charge is 0.401 e. The van der Waals surface area contributed by atoms with E-state index in [-0.39, 0.29) is 5.41 Å². The standard InChI is InChI=1S/C11H20F3N/c1-10(2,3)9-5-4-6-15(7-9)8-11(12,13)14/h9H,4-8H2,1-3H3. The molecular weight excluding hydrogens is 203 g/mol. The molecular formula is C11H20F3N. The van der Waals surface area contributed by atoms with Crippen molar-refractivity contribution in [1.82, 2.24) is 4.90 Å². The fourth-order valence-electron chi connectivity index (χ4n) is 2.16. The van der Waals surface area contributed by atoms with Crippen LogP contribution in [-0.4, -0.2) is 30.7 Å². The molecule has 90 valence electrons. The highest BCUT2D eigenvalue weighted by atomic mass is 19.4. The number of piperidine rings is 1. The highest BCUT2D eigenvalue weighted by molar-refractivity contribution is 4.82. The maximum atomic E-state index is 12.2. The van der Waals surface area contributed by atoms with Crippen LogP contribution >= 0.6 is 0 Å². The Morgan fingerprint density at radius 3 is 2.27 bits per heavy atom. The lowest BCUT2D eigenvalue weighted by Gasteiger charge is -2.39. The van der Waals surface area contributed by atoms with Gasteiger partial charge in [-0.05, 0) is 30.7 Å². The first-order chi connectivity index (χ1) is 6.68. The van der Waals surface area contributed by atoms with Crippen LogP contribution < -0.4 is 0 Å². The molecule has 0 saturated carbocycles. The average molecular weight is 223 g/mol. The van der Waals surface area contributed by atoms with Crippen LogP contribution in [0.3, 0.4) is 0 Å². The topological polar surface area (TPSA) is 3.24 Å². The van der Waals surface area contributed by atoms with E-state index in [0.717, 1.165) is 12.8 Å². The number of halogens is 3. The molecule has 1 atom stereocenters. The molecule has 1 rings (SSSR count). The van der Waals surface area contributed by atoms with Crippen molar-refractivity contribution < 1.29 is 13.2 Å². The molecule has 0 spiro atoms. The van der Waals surface area contributed by atoms with Gasteiger partial charge in [0.15, 0.2) is 0 Å². The minimum absolute atomic E-state index is 0.115. The molecule has 1 unspecified atom stereocenters. The monoisotopic (exact) mass is 223 g/mol. The minimum atomic E-state index is -4.06. The molecule has 1 aliphatic rings. The second-order valence-corrected chi connectivity index (χ2v) is 5.56. The predicted octanol–water partition coefficient (Wildman–Crippen LogP) is 3.31. The van der Waals surface area contributed by atoms with E-state index in [0.29, 0.717) is 19.0 Å². The first kappa shape index (κ1) is 12.8. The van der Waals surface area contributed by atoms with Gasteiger partial charge >= 0.3 is 6.18 Å². The molecule has 0 aliphatic carbocycles. The van der Waals surface area contributed by atoms with Crippen molar-refractivity contribution in [1.29, 1.82) is 0 Å². The Bertz CT molecular complexity index is 205. The van der Waals surface area contributed by atoms with Gasteiger partial charge in [0.2, 0.25) is 0 Å². The fourth-order valence-corrected chi connectivity index (χ4v) is 2.16. The Morgan fingerprint density at radius 2 is 1.80 bits per heavy atom. The molecule has 15 heavy (non-hydrogen) atoms. The third-order valence-corrected chi connectivity index (χ3v) is 3.13. The van der Waals surface area contributed by atoms with Crippen LogP contribution in [0.25, 0.3) is 0 Å². The van der Waals surface area contributed by atoms with Gasteiger partial charge in [-0.2, -0.15) is 13.2 Å². The number of alkyl halides is 3. The summed E-state index contributed by atoms with van der Waals surface area (Å²) in [5.74, 6) is 0.383. The van der Waals surface area contributed by atoms with Gasteiger partial charge in [-0.1, -0.05) is 20.8 Å². The summed E-state index contributed by atoms with van der Waals surface area (Å²) >= 11 is 0. The van der Waals surface area contributed by atoms with E-state index in [1.54, 1.807) is 4.90 Å². The molecule has 0 aromatic heterocycles. The van der Waals surface area contributed by atoms with E-state index >= 15 is 0 Å².